The molecule has 0 spiro atoms. The molecule has 0 saturated carbocycles. The van der Waals surface area contributed by atoms with Crippen molar-refractivity contribution in [2.45, 2.75) is 39.4 Å². The van der Waals surface area contributed by atoms with E-state index < -0.39 is 13.8 Å². The third kappa shape index (κ3) is 5.11. The number of aliphatic imine (C=N–C) groups is 1. The summed E-state index contributed by atoms with van der Waals surface area (Å²) in [6.45, 7) is 7.27. The Balaban J connectivity index is 3.29. The fourth-order valence-electron chi connectivity index (χ4n) is 1.40. The van der Waals surface area contributed by atoms with E-state index in [1.54, 1.807) is 6.92 Å². The van der Waals surface area contributed by atoms with Crippen molar-refractivity contribution in [3.8, 4) is 5.75 Å². The van der Waals surface area contributed by atoms with E-state index in [2.05, 4.69) is 9.98 Å². The molecule has 1 heterocycles. The molecular formula is C12H19N2O4P. The molecule has 106 valence electrons. The zero-order valence-corrected chi connectivity index (χ0v) is 12.3. The first-order chi connectivity index (χ1) is 8.49. The molecule has 0 unspecified atom stereocenters. The van der Waals surface area contributed by atoms with Gasteiger partial charge in [-0.15, -0.1) is 0 Å². The lowest BCUT2D eigenvalue weighted by Crippen LogP contribution is -2.10. The van der Waals surface area contributed by atoms with Gasteiger partial charge < -0.3 is 14.9 Å². The molecule has 0 aliphatic heterocycles. The lowest BCUT2D eigenvalue weighted by atomic mass is 10.1. The molecule has 0 aliphatic rings. The van der Waals surface area contributed by atoms with Crippen molar-refractivity contribution in [3.63, 3.8) is 0 Å². The zero-order chi connectivity index (χ0) is 14.8. The summed E-state index contributed by atoms with van der Waals surface area (Å²) in [5, 5.41) is 9.97. The lowest BCUT2D eigenvalue weighted by molar-refractivity contribution is 0.371. The quantitative estimate of drug-likeness (QED) is 0.582. The van der Waals surface area contributed by atoms with E-state index in [4.69, 9.17) is 9.79 Å². The van der Waals surface area contributed by atoms with Crippen molar-refractivity contribution in [2.24, 2.45) is 4.99 Å². The van der Waals surface area contributed by atoms with E-state index in [1.165, 1.54) is 12.4 Å². The first-order valence-electron chi connectivity index (χ1n) is 5.77. The van der Waals surface area contributed by atoms with Gasteiger partial charge in [0.1, 0.15) is 5.75 Å². The van der Waals surface area contributed by atoms with Gasteiger partial charge in [0.05, 0.1) is 17.4 Å². The van der Waals surface area contributed by atoms with E-state index in [0.717, 1.165) is 0 Å². The molecule has 0 aliphatic carbocycles. The van der Waals surface area contributed by atoms with Crippen LogP contribution in [0.25, 0.3) is 0 Å². The van der Waals surface area contributed by atoms with Crippen LogP contribution in [0.2, 0.25) is 0 Å². The molecule has 0 radical (unpaired) electrons. The second-order valence-corrected chi connectivity index (χ2v) is 7.03. The molecule has 19 heavy (non-hydrogen) atoms. The van der Waals surface area contributed by atoms with Crippen molar-refractivity contribution < 1.29 is 19.5 Å². The normalized spacial score (nSPS) is 13.2. The van der Waals surface area contributed by atoms with Gasteiger partial charge in [0, 0.05) is 18.0 Å². The number of pyridine rings is 1. The van der Waals surface area contributed by atoms with E-state index >= 15 is 0 Å². The second-order valence-electron chi connectivity index (χ2n) is 5.38. The molecule has 1 aromatic rings. The van der Waals surface area contributed by atoms with Crippen molar-refractivity contribution >= 4 is 13.8 Å². The Labute approximate surface area is 112 Å². The maximum absolute atomic E-state index is 11.1. The fourth-order valence-corrected chi connectivity index (χ4v) is 2.10. The number of aromatic hydroxyl groups is 1. The summed E-state index contributed by atoms with van der Waals surface area (Å²) < 4.78 is 11.1. The molecule has 0 fully saturated rings. The molecule has 0 atom stereocenters. The average molecular weight is 286 g/mol. The third-order valence-corrected chi connectivity index (χ3v) is 3.07. The van der Waals surface area contributed by atoms with Crippen LogP contribution in [-0.2, 0) is 10.7 Å². The summed E-state index contributed by atoms with van der Waals surface area (Å²) in [5.74, 6) is -0.0982. The minimum atomic E-state index is -4.23. The van der Waals surface area contributed by atoms with Crippen LogP contribution in [0.5, 0.6) is 5.75 Å². The van der Waals surface area contributed by atoms with Crippen LogP contribution in [0, 0.1) is 6.92 Å². The monoisotopic (exact) mass is 286 g/mol. The van der Waals surface area contributed by atoms with E-state index in [0.29, 0.717) is 11.3 Å². The van der Waals surface area contributed by atoms with E-state index in [-0.39, 0.29) is 16.9 Å². The summed E-state index contributed by atoms with van der Waals surface area (Å²) in [5.41, 5.74) is 0.642. The Bertz CT molecular complexity index is 543. The van der Waals surface area contributed by atoms with Gasteiger partial charge in [-0.2, -0.15) is 0 Å². The SMILES string of the molecule is Cc1ncc(CP(=O)(O)O)c(C=NC(C)(C)C)c1O. The summed E-state index contributed by atoms with van der Waals surface area (Å²) in [6, 6.07) is 0. The van der Waals surface area contributed by atoms with Crippen LogP contribution < -0.4 is 0 Å². The number of aryl methyl sites for hydroxylation is 1. The summed E-state index contributed by atoms with van der Waals surface area (Å²) in [6.07, 6.45) is 2.33. The summed E-state index contributed by atoms with van der Waals surface area (Å²) >= 11 is 0. The van der Waals surface area contributed by atoms with Gasteiger partial charge in [0.2, 0.25) is 0 Å². The van der Waals surface area contributed by atoms with Crippen molar-refractivity contribution in [1.82, 2.24) is 4.98 Å². The standard InChI is InChI=1S/C12H19N2O4P/c1-8-11(15)10(6-14-12(2,3)4)9(5-13-8)7-19(16,17)18/h5-6,15H,7H2,1-4H3,(H2,16,17,18). The van der Waals surface area contributed by atoms with Crippen LogP contribution in [0.1, 0.15) is 37.6 Å². The molecule has 0 bridgehead atoms. The van der Waals surface area contributed by atoms with Gasteiger partial charge >= 0.3 is 7.60 Å². The van der Waals surface area contributed by atoms with Gasteiger partial charge in [-0.05, 0) is 33.3 Å². The first kappa shape index (κ1) is 15.8. The largest absolute Gasteiger partial charge is 0.505 e. The summed E-state index contributed by atoms with van der Waals surface area (Å²) in [4.78, 5) is 26.2. The van der Waals surface area contributed by atoms with Crippen LogP contribution in [0.15, 0.2) is 11.2 Å². The van der Waals surface area contributed by atoms with Crippen LogP contribution in [-0.4, -0.2) is 31.6 Å². The molecule has 3 N–H and O–H groups in total. The van der Waals surface area contributed by atoms with Gasteiger partial charge in [-0.1, -0.05) is 0 Å². The van der Waals surface area contributed by atoms with Gasteiger partial charge in [0.25, 0.3) is 0 Å². The lowest BCUT2D eigenvalue weighted by Gasteiger charge is -2.14. The van der Waals surface area contributed by atoms with Crippen LogP contribution in [0.4, 0.5) is 0 Å². The molecule has 0 aromatic carbocycles. The molecule has 7 heteroatoms. The molecule has 1 aromatic heterocycles. The zero-order valence-electron chi connectivity index (χ0n) is 11.5. The highest BCUT2D eigenvalue weighted by molar-refractivity contribution is 7.50. The first-order valence-corrected chi connectivity index (χ1v) is 7.56. The van der Waals surface area contributed by atoms with Crippen molar-refractivity contribution in [2.75, 3.05) is 0 Å². The highest BCUT2D eigenvalue weighted by Crippen LogP contribution is 2.40. The molecular weight excluding hydrogens is 267 g/mol. The average Bonchev–Trinajstić information content (AvgIpc) is 2.19. The molecule has 6 nitrogen and oxygen atoms in total. The maximum Gasteiger partial charge on any atom is 0.329 e. The van der Waals surface area contributed by atoms with Gasteiger partial charge in [-0.3, -0.25) is 14.5 Å². The third-order valence-electron chi connectivity index (χ3n) is 2.32. The van der Waals surface area contributed by atoms with Crippen LogP contribution >= 0.6 is 7.60 Å². The number of hydrogen-bond donors (Lipinski definition) is 3. The number of hydrogen-bond acceptors (Lipinski definition) is 4. The van der Waals surface area contributed by atoms with Crippen LogP contribution in [0.3, 0.4) is 0 Å². The fraction of sp³-hybridized carbons (Fsp3) is 0.500. The maximum atomic E-state index is 11.1. The van der Waals surface area contributed by atoms with E-state index in [1.807, 2.05) is 20.8 Å². The molecule has 0 amide bonds. The van der Waals surface area contributed by atoms with Crippen molar-refractivity contribution in [3.05, 3.63) is 23.0 Å². The summed E-state index contributed by atoms with van der Waals surface area (Å²) in [7, 11) is -4.23. The number of nitrogens with zero attached hydrogens (tertiary/aromatic N) is 2. The highest BCUT2D eigenvalue weighted by atomic mass is 31.2. The van der Waals surface area contributed by atoms with Gasteiger partial charge in [-0.25, -0.2) is 0 Å². The highest BCUT2D eigenvalue weighted by Gasteiger charge is 2.20. The topological polar surface area (TPSA) is 103 Å². The minimum Gasteiger partial charge on any atom is -0.505 e. The Morgan fingerprint density at radius 2 is 2.00 bits per heavy atom. The Kier molecular flexibility index (Phi) is 4.50. The predicted octanol–water partition coefficient (Wildman–Crippen LogP) is 1.99. The Hall–Kier alpha value is -1.23. The molecule has 1 rings (SSSR count). The number of aromatic nitrogens is 1. The van der Waals surface area contributed by atoms with Gasteiger partial charge in [0.15, 0.2) is 0 Å². The smallest absolute Gasteiger partial charge is 0.329 e. The van der Waals surface area contributed by atoms with E-state index in [9.17, 15) is 9.67 Å². The Morgan fingerprint density at radius 1 is 1.42 bits per heavy atom. The van der Waals surface area contributed by atoms with Crippen molar-refractivity contribution in [1.29, 1.82) is 0 Å². The second kappa shape index (κ2) is 5.41. The number of rotatable bonds is 3. The minimum absolute atomic E-state index is 0.0982. The predicted molar refractivity (Wildman–Crippen MR) is 73.7 cm³/mol. The molecule has 0 saturated heterocycles. The Morgan fingerprint density at radius 3 is 2.47 bits per heavy atom.